The van der Waals surface area contributed by atoms with Gasteiger partial charge in [0.25, 0.3) is 0 Å². The van der Waals surface area contributed by atoms with Crippen LogP contribution in [0.2, 0.25) is 5.15 Å². The highest BCUT2D eigenvalue weighted by atomic mass is 35.5. The number of anilines is 2. The monoisotopic (exact) mass is 428 g/mol. The third-order valence-corrected chi connectivity index (χ3v) is 6.64. The predicted octanol–water partition coefficient (Wildman–Crippen LogP) is 0.589. The van der Waals surface area contributed by atoms with Crippen LogP contribution in [0.5, 0.6) is 0 Å². The van der Waals surface area contributed by atoms with E-state index in [-0.39, 0.29) is 29.0 Å². The molecule has 0 radical (unpaired) electrons. The Morgan fingerprint density at radius 1 is 1.32 bits per heavy atom. The number of nitrogens with one attached hydrogen (secondary N) is 2. The van der Waals surface area contributed by atoms with Gasteiger partial charge in [0.15, 0.2) is 10.8 Å². The van der Waals surface area contributed by atoms with E-state index in [0.717, 1.165) is 25.7 Å². The molecule has 0 bridgehead atoms. The Balaban J connectivity index is 1.46. The molecule has 1 saturated carbocycles. The van der Waals surface area contributed by atoms with Gasteiger partial charge < -0.3 is 16.0 Å². The van der Waals surface area contributed by atoms with Crippen LogP contribution in [0.1, 0.15) is 32.6 Å². The van der Waals surface area contributed by atoms with E-state index < -0.39 is 10.0 Å². The molecule has 1 aliphatic heterocycles. The minimum Gasteiger partial charge on any atom is -0.353 e. The average molecular weight is 429 g/mol. The Labute approximate surface area is 168 Å². The molecular formula is C16H25ClN8O2S. The molecule has 28 heavy (non-hydrogen) atoms. The standard InChI is InChI=1S/C16H25ClN8O2S/c1-16(18)9-24(10-16)15-20-13-8-12(17)22-25(13)14(21-15)19-6-7-28(26,27)23-11-4-2-3-5-11/h8,11,23H,2-7,9-10,18H2,1H3,(H,19,20,21). The zero-order valence-corrected chi connectivity index (χ0v) is 17.3. The largest absolute Gasteiger partial charge is 0.353 e. The van der Waals surface area contributed by atoms with Crippen LogP contribution >= 0.6 is 11.6 Å². The van der Waals surface area contributed by atoms with Gasteiger partial charge in [0.05, 0.1) is 5.75 Å². The van der Waals surface area contributed by atoms with Crippen LogP contribution in [0.4, 0.5) is 11.9 Å². The first kappa shape index (κ1) is 19.6. The summed E-state index contributed by atoms with van der Waals surface area (Å²) < 4.78 is 28.8. The van der Waals surface area contributed by atoms with Gasteiger partial charge in [-0.3, -0.25) is 0 Å². The number of aromatic nitrogens is 4. The maximum absolute atomic E-state index is 12.3. The first-order chi connectivity index (χ1) is 13.2. The van der Waals surface area contributed by atoms with Crippen LogP contribution in [0, 0.1) is 0 Å². The van der Waals surface area contributed by atoms with Gasteiger partial charge in [-0.25, -0.2) is 13.1 Å². The quantitative estimate of drug-likeness (QED) is 0.584. The van der Waals surface area contributed by atoms with E-state index in [1.165, 1.54) is 4.52 Å². The summed E-state index contributed by atoms with van der Waals surface area (Å²) in [5.41, 5.74) is 6.35. The predicted molar refractivity (Wildman–Crippen MR) is 108 cm³/mol. The average Bonchev–Trinajstić information content (AvgIpc) is 3.20. The zero-order chi connectivity index (χ0) is 19.9. The van der Waals surface area contributed by atoms with Gasteiger partial charge in [-0.15, -0.1) is 0 Å². The van der Waals surface area contributed by atoms with Crippen LogP contribution in [0.15, 0.2) is 6.07 Å². The maximum atomic E-state index is 12.3. The lowest BCUT2D eigenvalue weighted by Crippen LogP contribution is -2.66. The summed E-state index contributed by atoms with van der Waals surface area (Å²) in [6.45, 7) is 3.45. The summed E-state index contributed by atoms with van der Waals surface area (Å²) in [6, 6.07) is 1.70. The van der Waals surface area contributed by atoms with Crippen LogP contribution in [-0.2, 0) is 10.0 Å². The number of nitrogens with two attached hydrogens (primary N) is 1. The van der Waals surface area contributed by atoms with Gasteiger partial charge in [0, 0.05) is 37.3 Å². The van der Waals surface area contributed by atoms with Crippen molar-refractivity contribution >= 4 is 39.2 Å². The van der Waals surface area contributed by atoms with Gasteiger partial charge in [-0.05, 0) is 19.8 Å². The van der Waals surface area contributed by atoms with E-state index in [0.29, 0.717) is 30.6 Å². The van der Waals surface area contributed by atoms with Crippen LogP contribution in [0.3, 0.4) is 0 Å². The van der Waals surface area contributed by atoms with Crippen LogP contribution in [-0.4, -0.2) is 65.0 Å². The summed E-state index contributed by atoms with van der Waals surface area (Å²) in [7, 11) is -3.36. The molecule has 2 aromatic rings. The fourth-order valence-electron chi connectivity index (χ4n) is 3.73. The minimum absolute atomic E-state index is 0.0517. The third-order valence-electron chi connectivity index (χ3n) is 5.02. The normalized spacial score (nSPS) is 19.9. The summed E-state index contributed by atoms with van der Waals surface area (Å²) in [4.78, 5) is 10.9. The van der Waals surface area contributed by atoms with Crippen molar-refractivity contribution in [1.29, 1.82) is 0 Å². The Kier molecular flexibility index (Phi) is 5.10. The fourth-order valence-corrected chi connectivity index (χ4v) is 5.13. The Bertz CT molecular complexity index is 962. The van der Waals surface area contributed by atoms with Crippen molar-refractivity contribution in [1.82, 2.24) is 24.3 Å². The first-order valence-electron chi connectivity index (χ1n) is 9.42. The first-order valence-corrected chi connectivity index (χ1v) is 11.4. The molecule has 2 fully saturated rings. The van der Waals surface area contributed by atoms with Crippen molar-refractivity contribution in [2.24, 2.45) is 5.73 Å². The van der Waals surface area contributed by atoms with E-state index >= 15 is 0 Å². The second-order valence-electron chi connectivity index (χ2n) is 7.94. The van der Waals surface area contributed by atoms with Crippen molar-refractivity contribution in [3.05, 3.63) is 11.2 Å². The van der Waals surface area contributed by atoms with Crippen LogP contribution in [0.25, 0.3) is 5.65 Å². The van der Waals surface area contributed by atoms with E-state index in [1.807, 2.05) is 11.8 Å². The Morgan fingerprint density at radius 3 is 2.71 bits per heavy atom. The second-order valence-corrected chi connectivity index (χ2v) is 10.2. The lowest BCUT2D eigenvalue weighted by molar-refractivity contribution is 0.360. The van der Waals surface area contributed by atoms with E-state index in [4.69, 9.17) is 17.3 Å². The van der Waals surface area contributed by atoms with Gasteiger partial charge in [-0.1, -0.05) is 24.4 Å². The molecule has 0 spiro atoms. The molecule has 3 heterocycles. The van der Waals surface area contributed by atoms with Gasteiger partial charge in [0.1, 0.15) is 0 Å². The lowest BCUT2D eigenvalue weighted by atomic mass is 9.94. The summed E-state index contributed by atoms with van der Waals surface area (Å²) >= 11 is 6.01. The molecule has 4 rings (SSSR count). The maximum Gasteiger partial charge on any atom is 0.230 e. The van der Waals surface area contributed by atoms with E-state index in [2.05, 4.69) is 25.1 Å². The Morgan fingerprint density at radius 2 is 2.04 bits per heavy atom. The zero-order valence-electron chi connectivity index (χ0n) is 15.7. The molecule has 2 aliphatic rings. The molecule has 0 unspecified atom stereocenters. The number of fused-ring (bicyclic) bond motifs is 1. The smallest absolute Gasteiger partial charge is 0.230 e. The lowest BCUT2D eigenvalue weighted by Gasteiger charge is -2.45. The number of rotatable bonds is 7. The Hall–Kier alpha value is -1.69. The summed E-state index contributed by atoms with van der Waals surface area (Å²) in [5, 5.41) is 7.52. The summed E-state index contributed by atoms with van der Waals surface area (Å²) in [5.74, 6) is 0.860. The van der Waals surface area contributed by atoms with Crippen molar-refractivity contribution in [3.63, 3.8) is 0 Å². The van der Waals surface area contributed by atoms with Crippen molar-refractivity contribution in [2.45, 2.75) is 44.2 Å². The number of hydrogen-bond acceptors (Lipinski definition) is 8. The fraction of sp³-hybridized carbons (Fsp3) is 0.688. The van der Waals surface area contributed by atoms with Gasteiger partial charge >= 0.3 is 0 Å². The molecule has 0 aromatic carbocycles. The molecule has 0 atom stereocenters. The minimum atomic E-state index is -3.36. The molecule has 2 aromatic heterocycles. The van der Waals surface area contributed by atoms with Gasteiger partial charge in [0.2, 0.25) is 21.9 Å². The highest BCUT2D eigenvalue weighted by Crippen LogP contribution is 2.25. The number of halogens is 1. The molecule has 4 N–H and O–H groups in total. The molecule has 1 saturated heterocycles. The molecule has 154 valence electrons. The topological polar surface area (TPSA) is 131 Å². The summed E-state index contributed by atoms with van der Waals surface area (Å²) in [6.07, 6.45) is 3.96. The van der Waals surface area contributed by atoms with Crippen molar-refractivity contribution in [3.8, 4) is 0 Å². The molecular weight excluding hydrogens is 404 g/mol. The molecule has 1 aliphatic carbocycles. The SMILES string of the molecule is CC1(N)CN(c2nc(NCCS(=O)(=O)NC3CCCC3)n3nc(Cl)cc3n2)C1. The van der Waals surface area contributed by atoms with Crippen molar-refractivity contribution < 1.29 is 8.42 Å². The number of hydrogen-bond donors (Lipinski definition) is 3. The van der Waals surface area contributed by atoms with Gasteiger partial charge in [-0.2, -0.15) is 19.6 Å². The molecule has 0 amide bonds. The van der Waals surface area contributed by atoms with E-state index in [9.17, 15) is 8.42 Å². The van der Waals surface area contributed by atoms with Crippen molar-refractivity contribution in [2.75, 3.05) is 35.6 Å². The number of nitrogens with zero attached hydrogens (tertiary/aromatic N) is 5. The van der Waals surface area contributed by atoms with E-state index in [1.54, 1.807) is 6.07 Å². The second kappa shape index (κ2) is 7.29. The third kappa shape index (κ3) is 4.32. The molecule has 10 nitrogen and oxygen atoms in total. The molecule has 12 heteroatoms. The number of sulfonamides is 1. The van der Waals surface area contributed by atoms with Crippen LogP contribution < -0.4 is 20.7 Å². The highest BCUT2D eigenvalue weighted by molar-refractivity contribution is 7.89. The highest BCUT2D eigenvalue weighted by Gasteiger charge is 2.37.